The molecule has 1 fully saturated rings. The summed E-state index contributed by atoms with van der Waals surface area (Å²) in [6.45, 7) is 2.12. The molecule has 0 radical (unpaired) electrons. The molecule has 0 saturated heterocycles. The zero-order valence-corrected chi connectivity index (χ0v) is 12.2. The number of halogens is 2. The van der Waals surface area contributed by atoms with Gasteiger partial charge in [0.05, 0.1) is 7.11 Å². The lowest BCUT2D eigenvalue weighted by molar-refractivity contribution is 0.349. The van der Waals surface area contributed by atoms with E-state index in [1.807, 2.05) is 0 Å². The molecule has 0 heterocycles. The molecular formula is C17H22F2O. The van der Waals surface area contributed by atoms with Gasteiger partial charge in [-0.25, -0.2) is 4.39 Å². The Morgan fingerprint density at radius 2 is 1.85 bits per heavy atom. The van der Waals surface area contributed by atoms with Gasteiger partial charge in [0.25, 0.3) is 0 Å². The van der Waals surface area contributed by atoms with E-state index >= 15 is 0 Å². The Labute approximate surface area is 119 Å². The first kappa shape index (κ1) is 15.0. The average Bonchev–Trinajstić information content (AvgIpc) is 2.48. The summed E-state index contributed by atoms with van der Waals surface area (Å²) >= 11 is 0. The van der Waals surface area contributed by atoms with E-state index in [-0.39, 0.29) is 11.7 Å². The van der Waals surface area contributed by atoms with E-state index in [0.717, 1.165) is 32.1 Å². The average molecular weight is 280 g/mol. The number of allylic oxidation sites excluding steroid dienone is 2. The van der Waals surface area contributed by atoms with E-state index in [9.17, 15) is 8.78 Å². The Morgan fingerprint density at radius 1 is 1.15 bits per heavy atom. The highest BCUT2D eigenvalue weighted by Crippen LogP contribution is 2.38. The summed E-state index contributed by atoms with van der Waals surface area (Å²) in [5.41, 5.74) is 0.501. The molecule has 1 aliphatic carbocycles. The molecule has 1 saturated carbocycles. The van der Waals surface area contributed by atoms with Crippen LogP contribution in [-0.4, -0.2) is 7.11 Å². The molecule has 0 bridgehead atoms. The molecule has 0 spiro atoms. The third-order valence-electron chi connectivity index (χ3n) is 4.15. The van der Waals surface area contributed by atoms with Crippen molar-refractivity contribution in [2.24, 2.45) is 5.92 Å². The Morgan fingerprint density at radius 3 is 2.45 bits per heavy atom. The number of rotatable bonds is 4. The molecule has 0 atom stereocenters. The van der Waals surface area contributed by atoms with Gasteiger partial charge in [0, 0.05) is 0 Å². The minimum absolute atomic E-state index is 0.0224. The van der Waals surface area contributed by atoms with E-state index in [2.05, 4.69) is 19.1 Å². The summed E-state index contributed by atoms with van der Waals surface area (Å²) < 4.78 is 32.6. The molecule has 0 amide bonds. The quantitative estimate of drug-likeness (QED) is 0.688. The highest BCUT2D eigenvalue weighted by atomic mass is 19.2. The van der Waals surface area contributed by atoms with E-state index in [0.29, 0.717) is 11.5 Å². The number of ether oxygens (including phenoxy) is 1. The van der Waals surface area contributed by atoms with Gasteiger partial charge in [-0.1, -0.05) is 25.1 Å². The van der Waals surface area contributed by atoms with Crippen molar-refractivity contribution in [2.45, 2.75) is 44.9 Å². The van der Waals surface area contributed by atoms with Crippen LogP contribution in [0.4, 0.5) is 8.78 Å². The van der Waals surface area contributed by atoms with Crippen LogP contribution in [0.1, 0.15) is 50.5 Å². The third kappa shape index (κ3) is 3.20. The number of methoxy groups -OCH3 is 1. The Balaban J connectivity index is 2.07. The molecule has 110 valence electrons. The maximum atomic E-state index is 14.1. The second-order valence-corrected chi connectivity index (χ2v) is 5.43. The van der Waals surface area contributed by atoms with Crippen molar-refractivity contribution in [3.63, 3.8) is 0 Å². The Kier molecular flexibility index (Phi) is 5.16. The molecule has 3 heteroatoms. The smallest absolute Gasteiger partial charge is 0.200 e. The van der Waals surface area contributed by atoms with Crippen LogP contribution in [0.2, 0.25) is 0 Å². The molecule has 1 aromatic rings. The van der Waals surface area contributed by atoms with Crippen LogP contribution in [0.5, 0.6) is 5.75 Å². The van der Waals surface area contributed by atoms with Gasteiger partial charge in [0.2, 0.25) is 5.82 Å². The lowest BCUT2D eigenvalue weighted by Crippen LogP contribution is -2.13. The zero-order chi connectivity index (χ0) is 14.5. The Hall–Kier alpha value is -1.38. The van der Waals surface area contributed by atoms with Crippen molar-refractivity contribution < 1.29 is 13.5 Å². The fourth-order valence-corrected chi connectivity index (χ4v) is 2.97. The predicted octanol–water partition coefficient (Wildman–Crippen LogP) is 5.21. The van der Waals surface area contributed by atoms with Crippen LogP contribution in [-0.2, 0) is 0 Å². The fraction of sp³-hybridized carbons (Fsp3) is 0.529. The van der Waals surface area contributed by atoms with Crippen molar-refractivity contribution >= 4 is 0 Å². The first-order valence-electron chi connectivity index (χ1n) is 7.35. The third-order valence-corrected chi connectivity index (χ3v) is 4.15. The summed E-state index contributed by atoms with van der Waals surface area (Å²) in [4.78, 5) is 0. The van der Waals surface area contributed by atoms with E-state index in [1.165, 1.54) is 13.2 Å². The van der Waals surface area contributed by atoms with Crippen molar-refractivity contribution in [1.82, 2.24) is 0 Å². The van der Waals surface area contributed by atoms with Crippen LogP contribution in [0.3, 0.4) is 0 Å². The number of hydrogen-bond donors (Lipinski definition) is 0. The second kappa shape index (κ2) is 6.87. The van der Waals surface area contributed by atoms with Gasteiger partial charge < -0.3 is 4.74 Å². The van der Waals surface area contributed by atoms with Gasteiger partial charge in [-0.15, -0.1) is 0 Å². The first-order valence-corrected chi connectivity index (χ1v) is 7.35. The van der Waals surface area contributed by atoms with Crippen LogP contribution in [0, 0.1) is 17.6 Å². The van der Waals surface area contributed by atoms with Crippen LogP contribution in [0.15, 0.2) is 24.3 Å². The first-order chi connectivity index (χ1) is 9.67. The highest BCUT2D eigenvalue weighted by molar-refractivity contribution is 5.33. The number of hydrogen-bond acceptors (Lipinski definition) is 1. The maximum Gasteiger partial charge on any atom is 0.200 e. The van der Waals surface area contributed by atoms with Crippen LogP contribution in [0.25, 0.3) is 0 Å². The molecule has 1 aromatic carbocycles. The minimum atomic E-state index is -0.863. The SMILES string of the molecule is CCC=CC1CCC(c2ccc(OC)c(F)c2F)CC1. The molecule has 1 nitrogen and oxygen atoms in total. The topological polar surface area (TPSA) is 9.23 Å². The van der Waals surface area contributed by atoms with E-state index in [1.54, 1.807) is 6.07 Å². The molecule has 0 unspecified atom stereocenters. The predicted molar refractivity (Wildman–Crippen MR) is 77.0 cm³/mol. The van der Waals surface area contributed by atoms with Gasteiger partial charge in [0.1, 0.15) is 0 Å². The van der Waals surface area contributed by atoms with Gasteiger partial charge in [-0.2, -0.15) is 4.39 Å². The zero-order valence-electron chi connectivity index (χ0n) is 12.2. The van der Waals surface area contributed by atoms with Crippen molar-refractivity contribution in [3.8, 4) is 5.75 Å². The normalized spacial score (nSPS) is 23.2. The lowest BCUT2D eigenvalue weighted by Gasteiger charge is -2.27. The fourth-order valence-electron chi connectivity index (χ4n) is 2.97. The van der Waals surface area contributed by atoms with Gasteiger partial charge in [-0.3, -0.25) is 0 Å². The van der Waals surface area contributed by atoms with Gasteiger partial charge >= 0.3 is 0 Å². The highest BCUT2D eigenvalue weighted by Gasteiger charge is 2.25. The summed E-state index contributed by atoms with van der Waals surface area (Å²) in [7, 11) is 1.35. The second-order valence-electron chi connectivity index (χ2n) is 5.43. The van der Waals surface area contributed by atoms with Crippen molar-refractivity contribution in [3.05, 3.63) is 41.5 Å². The molecule has 20 heavy (non-hydrogen) atoms. The summed E-state index contributed by atoms with van der Waals surface area (Å²) in [5.74, 6) is -0.903. The standard InChI is InChI=1S/C17H22F2O/c1-3-4-5-12-6-8-13(9-7-12)14-10-11-15(20-2)17(19)16(14)18/h4-5,10-13H,3,6-9H2,1-2H3. The minimum Gasteiger partial charge on any atom is -0.494 e. The molecule has 0 N–H and O–H groups in total. The molecule has 0 aromatic heterocycles. The van der Waals surface area contributed by atoms with E-state index in [4.69, 9.17) is 4.74 Å². The summed E-state index contributed by atoms with van der Waals surface area (Å²) in [5, 5.41) is 0. The van der Waals surface area contributed by atoms with Crippen molar-refractivity contribution in [2.75, 3.05) is 7.11 Å². The molecule has 1 aliphatic rings. The van der Waals surface area contributed by atoms with Crippen LogP contribution >= 0.6 is 0 Å². The monoisotopic (exact) mass is 280 g/mol. The molecule has 2 rings (SSSR count). The largest absolute Gasteiger partial charge is 0.494 e. The molecule has 0 aliphatic heterocycles. The Bertz CT molecular complexity index is 474. The lowest BCUT2D eigenvalue weighted by atomic mass is 9.78. The summed E-state index contributed by atoms with van der Waals surface area (Å²) in [6, 6.07) is 3.20. The number of benzene rings is 1. The summed E-state index contributed by atoms with van der Waals surface area (Å²) in [6.07, 6.45) is 9.45. The maximum absolute atomic E-state index is 14.1. The molecular weight excluding hydrogens is 258 g/mol. The van der Waals surface area contributed by atoms with E-state index < -0.39 is 11.6 Å². The van der Waals surface area contributed by atoms with Crippen LogP contribution < -0.4 is 4.74 Å². The van der Waals surface area contributed by atoms with Gasteiger partial charge in [-0.05, 0) is 55.6 Å². The van der Waals surface area contributed by atoms with Gasteiger partial charge in [0.15, 0.2) is 11.6 Å². The van der Waals surface area contributed by atoms with Crippen molar-refractivity contribution in [1.29, 1.82) is 0 Å².